The van der Waals surface area contributed by atoms with Crippen molar-refractivity contribution in [2.24, 2.45) is 0 Å². The van der Waals surface area contributed by atoms with Gasteiger partial charge in [-0.2, -0.15) is 0 Å². The summed E-state index contributed by atoms with van der Waals surface area (Å²) in [5, 5.41) is 0. The fourth-order valence-corrected chi connectivity index (χ4v) is 4.68. The van der Waals surface area contributed by atoms with Crippen LogP contribution < -0.4 is 4.90 Å². The summed E-state index contributed by atoms with van der Waals surface area (Å²) >= 11 is 0. The molecule has 1 saturated heterocycles. The second-order valence-corrected chi connectivity index (χ2v) is 9.94. The average molecular weight is 353 g/mol. The first kappa shape index (κ1) is 18.8. The third-order valence-electron chi connectivity index (χ3n) is 4.70. The van der Waals surface area contributed by atoms with Gasteiger partial charge in [0.05, 0.1) is 18.1 Å². The average Bonchev–Trinajstić information content (AvgIpc) is 2.85. The molecule has 0 spiro atoms. The van der Waals surface area contributed by atoms with E-state index in [0.717, 1.165) is 5.69 Å². The van der Waals surface area contributed by atoms with E-state index in [4.69, 9.17) is 0 Å². The fourth-order valence-electron chi connectivity index (χ4n) is 2.91. The maximum absolute atomic E-state index is 12.4. The molecule has 0 aliphatic carbocycles. The van der Waals surface area contributed by atoms with Crippen molar-refractivity contribution < 1.29 is 13.2 Å². The van der Waals surface area contributed by atoms with E-state index in [2.05, 4.69) is 32.9 Å². The minimum atomic E-state index is -2.98. The number of nitrogens with zero attached hydrogens (tertiary/aromatic N) is 2. The highest BCUT2D eigenvalue weighted by molar-refractivity contribution is 7.91. The molecule has 1 aliphatic rings. The van der Waals surface area contributed by atoms with Gasteiger partial charge in [-0.25, -0.2) is 8.42 Å². The Morgan fingerprint density at radius 3 is 2.21 bits per heavy atom. The van der Waals surface area contributed by atoms with Crippen LogP contribution in [0.2, 0.25) is 0 Å². The highest BCUT2D eigenvalue weighted by Gasteiger charge is 2.32. The summed E-state index contributed by atoms with van der Waals surface area (Å²) in [6.07, 6.45) is 0.536. The molecule has 134 valence electrons. The summed E-state index contributed by atoms with van der Waals surface area (Å²) in [4.78, 5) is 15.9. The summed E-state index contributed by atoms with van der Waals surface area (Å²) in [7, 11) is 0.596. The van der Waals surface area contributed by atoms with Crippen molar-refractivity contribution in [1.29, 1.82) is 0 Å². The molecule has 1 fully saturated rings. The number of carbonyl (C=O) groups excluding carboxylic acids is 1. The van der Waals surface area contributed by atoms with Crippen LogP contribution in [0.3, 0.4) is 0 Å². The molecule has 1 heterocycles. The highest BCUT2D eigenvalue weighted by Crippen LogP contribution is 2.24. The van der Waals surface area contributed by atoms with Crippen LogP contribution in [-0.2, 0) is 20.0 Å². The maximum Gasteiger partial charge on any atom is 0.242 e. The van der Waals surface area contributed by atoms with E-state index in [0.29, 0.717) is 6.42 Å². The van der Waals surface area contributed by atoms with Gasteiger partial charge in [0.15, 0.2) is 9.84 Å². The van der Waals surface area contributed by atoms with Crippen LogP contribution in [0.5, 0.6) is 0 Å². The number of rotatable bonds is 4. The summed E-state index contributed by atoms with van der Waals surface area (Å²) in [5.41, 5.74) is 2.32. The van der Waals surface area contributed by atoms with Gasteiger partial charge < -0.3 is 9.80 Å². The van der Waals surface area contributed by atoms with Gasteiger partial charge in [0.1, 0.15) is 0 Å². The zero-order valence-corrected chi connectivity index (χ0v) is 16.1. The molecule has 1 amide bonds. The van der Waals surface area contributed by atoms with Crippen LogP contribution in [0.4, 0.5) is 5.69 Å². The minimum absolute atomic E-state index is 0.0560. The lowest BCUT2D eigenvalue weighted by molar-refractivity contribution is -0.130. The van der Waals surface area contributed by atoms with Crippen molar-refractivity contribution >= 4 is 21.4 Å². The van der Waals surface area contributed by atoms with Crippen molar-refractivity contribution in [2.45, 2.75) is 38.6 Å². The summed E-state index contributed by atoms with van der Waals surface area (Å²) in [5.74, 6) is 0.207. The Hall–Kier alpha value is -1.56. The molecule has 0 radical (unpaired) electrons. The number of likely N-dealkylation sites (N-methyl/N-ethyl adjacent to an activating group) is 2. The molecular weight excluding hydrogens is 324 g/mol. The largest absolute Gasteiger partial charge is 0.365 e. The molecule has 0 unspecified atom stereocenters. The van der Waals surface area contributed by atoms with Crippen molar-refractivity contribution in [3.05, 3.63) is 29.8 Å². The number of hydrogen-bond acceptors (Lipinski definition) is 4. The molecule has 6 heteroatoms. The van der Waals surface area contributed by atoms with Gasteiger partial charge in [0.25, 0.3) is 0 Å². The van der Waals surface area contributed by atoms with Gasteiger partial charge in [0, 0.05) is 25.8 Å². The number of amides is 1. The predicted molar refractivity (Wildman–Crippen MR) is 98.2 cm³/mol. The molecule has 0 bridgehead atoms. The lowest BCUT2D eigenvalue weighted by Gasteiger charge is -2.27. The number of anilines is 1. The SMILES string of the molecule is CN(CC(=O)N(C)[C@H]1CCS(=O)(=O)C1)c1ccc(C(C)(C)C)cc1. The molecule has 2 rings (SSSR count). The van der Waals surface area contributed by atoms with E-state index in [1.54, 1.807) is 11.9 Å². The second kappa shape index (κ2) is 6.75. The van der Waals surface area contributed by atoms with Crippen LogP contribution in [0.15, 0.2) is 24.3 Å². The lowest BCUT2D eigenvalue weighted by Crippen LogP contribution is -2.43. The molecule has 0 N–H and O–H groups in total. The van der Waals surface area contributed by atoms with E-state index < -0.39 is 9.84 Å². The molecule has 1 aliphatic heterocycles. The van der Waals surface area contributed by atoms with E-state index in [9.17, 15) is 13.2 Å². The van der Waals surface area contributed by atoms with Crippen LogP contribution >= 0.6 is 0 Å². The molecule has 0 saturated carbocycles. The first-order chi connectivity index (χ1) is 11.0. The van der Waals surface area contributed by atoms with Gasteiger partial charge >= 0.3 is 0 Å². The lowest BCUT2D eigenvalue weighted by atomic mass is 9.87. The first-order valence-electron chi connectivity index (χ1n) is 8.27. The monoisotopic (exact) mass is 352 g/mol. The van der Waals surface area contributed by atoms with Crippen molar-refractivity contribution in [1.82, 2.24) is 4.90 Å². The normalized spacial score (nSPS) is 20.0. The number of carbonyl (C=O) groups is 1. The zero-order valence-electron chi connectivity index (χ0n) is 15.2. The standard InChI is InChI=1S/C18H28N2O3S/c1-18(2,3)14-6-8-15(9-7-14)19(4)12-17(21)20(5)16-10-11-24(22,23)13-16/h6-9,16H,10-13H2,1-5H3/t16-/m0/s1. The summed E-state index contributed by atoms with van der Waals surface area (Å²) < 4.78 is 23.2. The number of benzene rings is 1. The van der Waals surface area contributed by atoms with E-state index in [1.165, 1.54) is 5.56 Å². The van der Waals surface area contributed by atoms with Crippen LogP contribution in [-0.4, -0.2) is 57.4 Å². The van der Waals surface area contributed by atoms with Gasteiger partial charge in [0.2, 0.25) is 5.91 Å². The van der Waals surface area contributed by atoms with Gasteiger partial charge in [-0.3, -0.25) is 4.79 Å². The maximum atomic E-state index is 12.4. The van der Waals surface area contributed by atoms with Crippen molar-refractivity contribution in [3.63, 3.8) is 0 Å². The first-order valence-corrected chi connectivity index (χ1v) is 10.1. The molecule has 1 aromatic rings. The smallest absolute Gasteiger partial charge is 0.242 e. The van der Waals surface area contributed by atoms with Crippen LogP contribution in [0.25, 0.3) is 0 Å². The molecule has 24 heavy (non-hydrogen) atoms. The summed E-state index contributed by atoms with van der Waals surface area (Å²) in [6, 6.07) is 8.02. The number of hydrogen-bond donors (Lipinski definition) is 0. The van der Waals surface area contributed by atoms with E-state index >= 15 is 0 Å². The molecular formula is C18H28N2O3S. The second-order valence-electron chi connectivity index (χ2n) is 7.71. The predicted octanol–water partition coefficient (Wildman–Crippen LogP) is 2.07. The summed E-state index contributed by atoms with van der Waals surface area (Å²) in [6.45, 7) is 6.74. The van der Waals surface area contributed by atoms with Crippen LogP contribution in [0.1, 0.15) is 32.8 Å². The Labute approximate surface area is 145 Å². The topological polar surface area (TPSA) is 57.7 Å². The van der Waals surface area contributed by atoms with Crippen molar-refractivity contribution in [2.75, 3.05) is 37.0 Å². The Morgan fingerprint density at radius 1 is 1.17 bits per heavy atom. The van der Waals surface area contributed by atoms with Crippen molar-refractivity contribution in [3.8, 4) is 0 Å². The van der Waals surface area contributed by atoms with E-state index in [1.807, 2.05) is 24.1 Å². The third kappa shape index (κ3) is 4.50. The Kier molecular flexibility index (Phi) is 5.28. The Morgan fingerprint density at radius 2 is 1.75 bits per heavy atom. The quantitative estimate of drug-likeness (QED) is 0.832. The van der Waals surface area contributed by atoms with Gasteiger partial charge in [-0.05, 0) is 29.5 Å². The highest BCUT2D eigenvalue weighted by atomic mass is 32.2. The Bertz CT molecular complexity index is 690. The molecule has 0 aromatic heterocycles. The molecule has 1 aromatic carbocycles. The third-order valence-corrected chi connectivity index (χ3v) is 6.45. The van der Waals surface area contributed by atoms with E-state index in [-0.39, 0.29) is 35.4 Å². The Balaban J connectivity index is 1.98. The van der Waals surface area contributed by atoms with Gasteiger partial charge in [-0.1, -0.05) is 32.9 Å². The minimum Gasteiger partial charge on any atom is -0.365 e. The molecule has 5 nitrogen and oxygen atoms in total. The number of sulfone groups is 1. The van der Waals surface area contributed by atoms with Gasteiger partial charge in [-0.15, -0.1) is 0 Å². The fraction of sp³-hybridized carbons (Fsp3) is 0.611. The zero-order chi connectivity index (χ0) is 18.1. The molecule has 1 atom stereocenters. The van der Waals surface area contributed by atoms with Crippen LogP contribution in [0, 0.1) is 0 Å².